The quantitative estimate of drug-likeness (QED) is 0.355. The first kappa shape index (κ1) is 26.7. The van der Waals surface area contributed by atoms with Crippen molar-refractivity contribution < 1.29 is 13.6 Å². The SMILES string of the molecule is COc1ncccc1Nc1ncc(F)c(-c2cc(C#N)c3c(c2)C(C)(CO[Si](C)(C)C(C)(C)C)CC3)n1. The van der Waals surface area contributed by atoms with Crippen LogP contribution in [0.1, 0.15) is 50.8 Å². The van der Waals surface area contributed by atoms with Gasteiger partial charge in [-0.3, -0.25) is 0 Å². The molecule has 9 heteroatoms. The number of hydrogen-bond acceptors (Lipinski definition) is 7. The number of methoxy groups -OCH3 is 1. The van der Waals surface area contributed by atoms with Gasteiger partial charge in [-0.05, 0) is 66.4 Å². The first-order valence-electron chi connectivity index (χ1n) is 12.4. The number of hydrogen-bond donors (Lipinski definition) is 1. The summed E-state index contributed by atoms with van der Waals surface area (Å²) in [5.74, 6) is 0.00858. The molecule has 2 aromatic heterocycles. The molecule has 0 spiro atoms. The lowest BCUT2D eigenvalue weighted by atomic mass is 9.83. The summed E-state index contributed by atoms with van der Waals surface area (Å²) < 4.78 is 27.0. The Labute approximate surface area is 219 Å². The largest absolute Gasteiger partial charge is 0.480 e. The Morgan fingerprint density at radius 1 is 1.24 bits per heavy atom. The molecule has 1 aliphatic rings. The third-order valence-corrected chi connectivity index (χ3v) is 12.2. The summed E-state index contributed by atoms with van der Waals surface area (Å²) in [6.45, 7) is 13.9. The maximum absolute atomic E-state index is 15.1. The summed E-state index contributed by atoms with van der Waals surface area (Å²) in [6.07, 6.45) is 4.40. The second-order valence-corrected chi connectivity index (χ2v) is 16.2. The van der Waals surface area contributed by atoms with E-state index in [4.69, 9.17) is 9.16 Å². The molecule has 3 aromatic rings. The van der Waals surface area contributed by atoms with Gasteiger partial charge in [-0.25, -0.2) is 19.3 Å². The number of ether oxygens (including phenoxy) is 1. The first-order valence-corrected chi connectivity index (χ1v) is 15.3. The van der Waals surface area contributed by atoms with Crippen molar-refractivity contribution >= 4 is 20.0 Å². The van der Waals surface area contributed by atoms with Crippen LogP contribution in [0.15, 0.2) is 36.7 Å². The van der Waals surface area contributed by atoms with Crippen LogP contribution >= 0.6 is 0 Å². The number of anilines is 2. The normalized spacial score (nSPS) is 17.3. The van der Waals surface area contributed by atoms with Crippen LogP contribution in [0.4, 0.5) is 16.0 Å². The van der Waals surface area contributed by atoms with Gasteiger partial charge in [0.05, 0.1) is 24.9 Å². The number of nitriles is 1. The zero-order chi connectivity index (χ0) is 27.0. The number of nitrogens with zero attached hydrogens (tertiary/aromatic N) is 4. The maximum Gasteiger partial charge on any atom is 0.237 e. The molecule has 0 radical (unpaired) electrons. The first-order chi connectivity index (χ1) is 17.4. The average molecular weight is 520 g/mol. The highest BCUT2D eigenvalue weighted by molar-refractivity contribution is 6.74. The van der Waals surface area contributed by atoms with Crippen LogP contribution in [-0.2, 0) is 16.3 Å². The summed E-state index contributed by atoms with van der Waals surface area (Å²) >= 11 is 0. The number of nitrogens with one attached hydrogen (secondary N) is 1. The second-order valence-electron chi connectivity index (χ2n) is 11.3. The molecule has 37 heavy (non-hydrogen) atoms. The highest BCUT2D eigenvalue weighted by Crippen LogP contribution is 2.45. The fraction of sp³-hybridized carbons (Fsp3) is 0.429. The summed E-state index contributed by atoms with van der Waals surface area (Å²) in [7, 11) is -0.453. The van der Waals surface area contributed by atoms with E-state index in [2.05, 4.69) is 67.1 Å². The van der Waals surface area contributed by atoms with Crippen LogP contribution in [0.3, 0.4) is 0 Å². The third-order valence-electron chi connectivity index (χ3n) is 7.73. The third kappa shape index (κ3) is 5.22. The van der Waals surface area contributed by atoms with Crippen LogP contribution in [-0.4, -0.2) is 37.0 Å². The van der Waals surface area contributed by atoms with Crippen LogP contribution in [0.25, 0.3) is 11.3 Å². The van der Waals surface area contributed by atoms with Gasteiger partial charge in [0.1, 0.15) is 11.4 Å². The Kier molecular flexibility index (Phi) is 7.10. The van der Waals surface area contributed by atoms with Crippen molar-refractivity contribution in [2.75, 3.05) is 19.0 Å². The molecule has 1 aliphatic carbocycles. The standard InChI is InChI=1S/C28H34FN5O2Si/c1-27(2,3)37(6,7)36-17-28(4)11-10-20-19(15-30)13-18(14-21(20)28)24-22(29)16-32-26(34-24)33-23-9-8-12-31-25(23)35-5/h8-9,12-14,16H,10-11,17H2,1-7H3,(H,32,33,34). The van der Waals surface area contributed by atoms with Crippen molar-refractivity contribution in [1.29, 1.82) is 5.26 Å². The molecule has 1 N–H and O–H groups in total. The average Bonchev–Trinajstić information content (AvgIpc) is 3.20. The van der Waals surface area contributed by atoms with Gasteiger partial charge in [-0.1, -0.05) is 27.7 Å². The molecule has 0 fully saturated rings. The second kappa shape index (κ2) is 9.84. The highest BCUT2D eigenvalue weighted by Gasteiger charge is 2.42. The number of rotatable bonds is 7. The van der Waals surface area contributed by atoms with Crippen molar-refractivity contribution in [3.05, 3.63) is 59.2 Å². The Bertz CT molecular complexity index is 1370. The topological polar surface area (TPSA) is 93.0 Å². The summed E-state index contributed by atoms with van der Waals surface area (Å²) in [6, 6.07) is 9.54. The fourth-order valence-corrected chi connectivity index (χ4v) is 5.47. The molecule has 0 saturated heterocycles. The zero-order valence-corrected chi connectivity index (χ0v) is 23.6. The Balaban J connectivity index is 1.72. The molecule has 2 heterocycles. The van der Waals surface area contributed by atoms with Gasteiger partial charge in [-0.15, -0.1) is 0 Å². The molecule has 0 bridgehead atoms. The molecule has 194 valence electrons. The molecule has 0 aliphatic heterocycles. The minimum atomic E-state index is -1.97. The predicted molar refractivity (Wildman–Crippen MR) is 145 cm³/mol. The number of benzene rings is 1. The van der Waals surface area contributed by atoms with E-state index in [9.17, 15) is 5.26 Å². The van der Waals surface area contributed by atoms with E-state index >= 15 is 4.39 Å². The van der Waals surface area contributed by atoms with E-state index < -0.39 is 14.1 Å². The lowest BCUT2D eigenvalue weighted by Gasteiger charge is -2.39. The van der Waals surface area contributed by atoms with Gasteiger partial charge < -0.3 is 14.5 Å². The van der Waals surface area contributed by atoms with Gasteiger partial charge in [0.25, 0.3) is 0 Å². The van der Waals surface area contributed by atoms with Gasteiger partial charge in [0.15, 0.2) is 14.1 Å². The summed E-state index contributed by atoms with van der Waals surface area (Å²) in [4.78, 5) is 12.7. The van der Waals surface area contributed by atoms with E-state index in [0.29, 0.717) is 29.3 Å². The number of aromatic nitrogens is 3. The van der Waals surface area contributed by atoms with Crippen molar-refractivity contribution in [2.45, 2.75) is 64.1 Å². The molecule has 0 saturated carbocycles. The lowest BCUT2D eigenvalue weighted by molar-refractivity contribution is 0.208. The van der Waals surface area contributed by atoms with Gasteiger partial charge in [-0.2, -0.15) is 5.26 Å². The zero-order valence-electron chi connectivity index (χ0n) is 22.6. The fourth-order valence-electron chi connectivity index (χ4n) is 4.36. The minimum Gasteiger partial charge on any atom is -0.480 e. The van der Waals surface area contributed by atoms with Gasteiger partial charge >= 0.3 is 0 Å². The predicted octanol–water partition coefficient (Wildman–Crippen LogP) is 6.53. The molecular formula is C28H34FN5O2Si. The number of pyridine rings is 1. The molecule has 4 rings (SSSR count). The number of halogens is 1. The van der Waals surface area contributed by atoms with Crippen LogP contribution in [0.2, 0.25) is 18.1 Å². The van der Waals surface area contributed by atoms with E-state index in [1.54, 1.807) is 24.4 Å². The van der Waals surface area contributed by atoms with Crippen molar-refractivity contribution in [2.24, 2.45) is 0 Å². The van der Waals surface area contributed by atoms with Gasteiger partial charge in [0.2, 0.25) is 11.8 Å². The number of fused-ring (bicyclic) bond motifs is 1. The Morgan fingerprint density at radius 3 is 2.68 bits per heavy atom. The summed E-state index contributed by atoms with van der Waals surface area (Å²) in [5, 5.41) is 13.1. The van der Waals surface area contributed by atoms with Crippen molar-refractivity contribution in [1.82, 2.24) is 15.0 Å². The maximum atomic E-state index is 15.1. The van der Waals surface area contributed by atoms with E-state index in [1.165, 1.54) is 7.11 Å². The van der Waals surface area contributed by atoms with Crippen molar-refractivity contribution in [3.8, 4) is 23.2 Å². The molecule has 1 unspecified atom stereocenters. The molecular weight excluding hydrogens is 485 g/mol. The highest BCUT2D eigenvalue weighted by atomic mass is 28.4. The Morgan fingerprint density at radius 2 is 2.00 bits per heavy atom. The van der Waals surface area contributed by atoms with Gasteiger partial charge in [0, 0.05) is 23.8 Å². The molecule has 7 nitrogen and oxygen atoms in total. The van der Waals surface area contributed by atoms with Crippen LogP contribution in [0, 0.1) is 17.1 Å². The monoisotopic (exact) mass is 519 g/mol. The molecule has 1 atom stereocenters. The van der Waals surface area contributed by atoms with Crippen LogP contribution in [0.5, 0.6) is 5.88 Å². The smallest absolute Gasteiger partial charge is 0.237 e. The van der Waals surface area contributed by atoms with E-state index in [0.717, 1.165) is 30.2 Å². The van der Waals surface area contributed by atoms with Crippen LogP contribution < -0.4 is 10.1 Å². The Hall–Kier alpha value is -3.35. The molecule has 1 aromatic carbocycles. The molecule has 0 amide bonds. The van der Waals surface area contributed by atoms with E-state index in [-0.39, 0.29) is 22.1 Å². The van der Waals surface area contributed by atoms with E-state index in [1.807, 2.05) is 6.07 Å². The summed E-state index contributed by atoms with van der Waals surface area (Å²) in [5.41, 5.74) is 3.54. The van der Waals surface area contributed by atoms with Crippen molar-refractivity contribution in [3.63, 3.8) is 0 Å². The minimum absolute atomic E-state index is 0.0922. The lowest BCUT2D eigenvalue weighted by Crippen LogP contribution is -2.44.